The lowest BCUT2D eigenvalue weighted by Crippen LogP contribution is -2.25. The average Bonchev–Trinajstić information content (AvgIpc) is 2.91. The lowest BCUT2D eigenvalue weighted by molar-refractivity contribution is -0.115. The Bertz CT molecular complexity index is 942. The first-order valence-electron chi connectivity index (χ1n) is 14.0. The van der Waals surface area contributed by atoms with E-state index in [2.05, 4.69) is 36.4 Å². The minimum absolute atomic E-state index is 0.139. The summed E-state index contributed by atoms with van der Waals surface area (Å²) in [5.41, 5.74) is 15.5. The van der Waals surface area contributed by atoms with Gasteiger partial charge in [-0.25, -0.2) is 0 Å². The van der Waals surface area contributed by atoms with E-state index in [1.807, 2.05) is 19.9 Å². The number of methoxy groups -OCH3 is 1. The third-order valence-electron chi connectivity index (χ3n) is 5.91. The van der Waals surface area contributed by atoms with Crippen LogP contribution in [0.2, 0.25) is 0 Å². The van der Waals surface area contributed by atoms with Gasteiger partial charge in [-0.15, -0.1) is 0 Å². The number of Topliss-reactive ketones (excluding diaryl/α,β-unsaturated/α-hetero) is 1. The van der Waals surface area contributed by atoms with Gasteiger partial charge in [0.2, 0.25) is 0 Å². The maximum absolute atomic E-state index is 12.3. The van der Waals surface area contributed by atoms with Crippen molar-refractivity contribution in [3.05, 3.63) is 58.8 Å². The number of hydrogen-bond acceptors (Lipinski definition) is 6. The van der Waals surface area contributed by atoms with Crippen molar-refractivity contribution in [3.63, 3.8) is 0 Å². The summed E-state index contributed by atoms with van der Waals surface area (Å²) in [6.07, 6.45) is 19.8. The van der Waals surface area contributed by atoms with Crippen molar-refractivity contribution >= 4 is 18.1 Å². The van der Waals surface area contributed by atoms with Gasteiger partial charge in [0, 0.05) is 36.6 Å². The molecule has 2 rings (SSSR count). The molecular weight excluding hydrogens is 474 g/mol. The molecule has 1 aromatic rings. The van der Waals surface area contributed by atoms with Gasteiger partial charge in [-0.3, -0.25) is 4.79 Å². The number of nitrogens with zero attached hydrogens (tertiary/aromatic N) is 1. The molecule has 0 saturated carbocycles. The third-order valence-corrected chi connectivity index (χ3v) is 5.91. The van der Waals surface area contributed by atoms with E-state index in [1.54, 1.807) is 13.2 Å². The van der Waals surface area contributed by atoms with Gasteiger partial charge in [-0.05, 0) is 62.3 Å². The molecule has 4 N–H and O–H groups in total. The fourth-order valence-electron chi connectivity index (χ4n) is 4.08. The monoisotopic (exact) mass is 523 g/mol. The normalized spacial score (nSPS) is 14.2. The van der Waals surface area contributed by atoms with Crippen LogP contribution in [-0.2, 0) is 16.0 Å². The minimum Gasteiger partial charge on any atom is -0.496 e. The molecule has 1 unspecified atom stereocenters. The van der Waals surface area contributed by atoms with Crippen LogP contribution in [0.15, 0.2) is 47.7 Å². The zero-order chi connectivity index (χ0) is 28.6. The number of ether oxygens (including phenoxy) is 1. The predicted octanol–water partition coefficient (Wildman–Crippen LogP) is 6.98. The van der Waals surface area contributed by atoms with Crippen molar-refractivity contribution in [1.29, 1.82) is 5.26 Å². The molecule has 0 fully saturated rings. The van der Waals surface area contributed by atoms with Gasteiger partial charge in [0.15, 0.2) is 5.78 Å². The molecule has 0 aromatic heterocycles. The molecule has 1 atom stereocenters. The Morgan fingerprint density at radius 3 is 2.42 bits per heavy atom. The molecule has 0 bridgehead atoms. The van der Waals surface area contributed by atoms with E-state index in [1.165, 1.54) is 25.3 Å². The van der Waals surface area contributed by atoms with Gasteiger partial charge in [-0.1, -0.05) is 69.9 Å². The number of allylic oxidation sites excluding steroid dienone is 3. The zero-order valence-corrected chi connectivity index (χ0v) is 24.0. The zero-order valence-electron chi connectivity index (χ0n) is 24.0. The molecule has 0 amide bonds. The van der Waals surface area contributed by atoms with Crippen LogP contribution in [0.25, 0.3) is 6.08 Å². The Labute approximate surface area is 230 Å². The summed E-state index contributed by atoms with van der Waals surface area (Å²) in [4.78, 5) is 21.1. The summed E-state index contributed by atoms with van der Waals surface area (Å²) < 4.78 is 5.59. The number of ketones is 1. The summed E-state index contributed by atoms with van der Waals surface area (Å²) >= 11 is 0. The van der Waals surface area contributed by atoms with Crippen LogP contribution in [0.3, 0.4) is 0 Å². The van der Waals surface area contributed by atoms with Crippen LogP contribution in [0.1, 0.15) is 103 Å². The SMILES string of the molecule is CC.CC=O.COc1cc(/C=C/CCCC#N)ccc1CCCCCCCCC(=O)C1=CC(N)CC(N)=C1. The molecule has 0 aliphatic heterocycles. The standard InChI is InChI=1S/C28H39N3O2.C2H4O.C2H6/c1-33-28-18-22(12-8-6-7-11-17-29)15-16-23(28)13-9-4-2-3-5-10-14-27(32)24-19-25(30)21-26(31)20-24;1-2-3;1-2/h8,12,15-16,18-20,25H,2-7,9-11,13-14,21,30-31H2,1H3;2H,1H3;1-2H3/b12-8+;;. The highest BCUT2D eigenvalue weighted by atomic mass is 16.5. The molecule has 0 saturated heterocycles. The molecule has 6 nitrogen and oxygen atoms in total. The van der Waals surface area contributed by atoms with E-state index in [9.17, 15) is 4.79 Å². The molecule has 1 aliphatic carbocycles. The second-order valence-corrected chi connectivity index (χ2v) is 9.01. The Balaban J connectivity index is 0.00000255. The number of benzene rings is 1. The van der Waals surface area contributed by atoms with Gasteiger partial charge in [0.05, 0.1) is 13.2 Å². The van der Waals surface area contributed by atoms with Gasteiger partial charge in [0.25, 0.3) is 0 Å². The Morgan fingerprint density at radius 1 is 1.13 bits per heavy atom. The molecule has 0 spiro atoms. The topological polar surface area (TPSA) is 119 Å². The molecular formula is C32H49N3O3. The first kappa shape index (κ1) is 34.8. The number of rotatable bonds is 15. The Hall–Kier alpha value is -3.17. The highest BCUT2D eigenvalue weighted by Gasteiger charge is 2.14. The van der Waals surface area contributed by atoms with Crippen molar-refractivity contribution in [2.75, 3.05) is 7.11 Å². The van der Waals surface area contributed by atoms with Crippen molar-refractivity contribution < 1.29 is 14.3 Å². The molecule has 1 aromatic carbocycles. The number of nitriles is 1. The van der Waals surface area contributed by atoms with Gasteiger partial charge < -0.3 is 21.0 Å². The number of carbonyl (C=O) groups excluding carboxylic acids is 2. The first-order valence-corrected chi connectivity index (χ1v) is 14.0. The fraction of sp³-hybridized carbons (Fsp3) is 0.531. The summed E-state index contributed by atoms with van der Waals surface area (Å²) in [5, 5.41) is 8.59. The molecule has 210 valence electrons. The van der Waals surface area contributed by atoms with E-state index >= 15 is 0 Å². The van der Waals surface area contributed by atoms with E-state index in [4.69, 9.17) is 26.3 Å². The summed E-state index contributed by atoms with van der Waals surface area (Å²) in [7, 11) is 1.72. The van der Waals surface area contributed by atoms with Gasteiger partial charge in [0.1, 0.15) is 12.0 Å². The van der Waals surface area contributed by atoms with Crippen LogP contribution < -0.4 is 16.2 Å². The highest BCUT2D eigenvalue weighted by molar-refractivity contribution is 5.98. The number of hydrogen-bond donors (Lipinski definition) is 2. The second-order valence-electron chi connectivity index (χ2n) is 9.01. The first-order chi connectivity index (χ1) is 18.4. The van der Waals surface area contributed by atoms with Crippen LogP contribution in [-0.4, -0.2) is 25.2 Å². The van der Waals surface area contributed by atoms with E-state index in [0.717, 1.165) is 62.5 Å². The van der Waals surface area contributed by atoms with E-state index in [-0.39, 0.29) is 11.8 Å². The summed E-state index contributed by atoms with van der Waals surface area (Å²) in [6, 6.07) is 8.41. The second kappa shape index (κ2) is 23.0. The summed E-state index contributed by atoms with van der Waals surface area (Å²) in [6.45, 7) is 5.44. The van der Waals surface area contributed by atoms with Crippen molar-refractivity contribution in [3.8, 4) is 11.8 Å². The molecule has 0 radical (unpaired) electrons. The van der Waals surface area contributed by atoms with Crippen molar-refractivity contribution in [2.24, 2.45) is 11.5 Å². The lowest BCUT2D eigenvalue weighted by atomic mass is 9.95. The third kappa shape index (κ3) is 15.8. The van der Waals surface area contributed by atoms with Crippen LogP contribution >= 0.6 is 0 Å². The fourth-order valence-corrected chi connectivity index (χ4v) is 4.08. The van der Waals surface area contributed by atoms with Crippen LogP contribution in [0, 0.1) is 11.3 Å². The van der Waals surface area contributed by atoms with Gasteiger partial charge >= 0.3 is 0 Å². The summed E-state index contributed by atoms with van der Waals surface area (Å²) in [5.74, 6) is 1.10. The number of aryl methyl sites for hydroxylation is 1. The van der Waals surface area contributed by atoms with E-state index < -0.39 is 0 Å². The maximum atomic E-state index is 12.3. The highest BCUT2D eigenvalue weighted by Crippen LogP contribution is 2.24. The number of carbonyl (C=O) groups is 2. The van der Waals surface area contributed by atoms with Crippen LogP contribution in [0.4, 0.5) is 0 Å². The van der Waals surface area contributed by atoms with Crippen molar-refractivity contribution in [2.45, 2.75) is 104 Å². The quantitative estimate of drug-likeness (QED) is 0.189. The van der Waals surface area contributed by atoms with Crippen molar-refractivity contribution in [1.82, 2.24) is 0 Å². The smallest absolute Gasteiger partial charge is 0.162 e. The number of unbranched alkanes of at least 4 members (excludes halogenated alkanes) is 7. The van der Waals surface area contributed by atoms with Gasteiger partial charge in [-0.2, -0.15) is 5.26 Å². The Morgan fingerprint density at radius 2 is 1.79 bits per heavy atom. The Kier molecular flexibility index (Phi) is 21.1. The van der Waals surface area contributed by atoms with Crippen LogP contribution in [0.5, 0.6) is 5.75 Å². The lowest BCUT2D eigenvalue weighted by Gasteiger charge is -2.15. The number of nitrogens with two attached hydrogens (primary N) is 2. The maximum Gasteiger partial charge on any atom is 0.162 e. The molecule has 1 aliphatic rings. The molecule has 0 heterocycles. The molecule has 6 heteroatoms. The largest absolute Gasteiger partial charge is 0.496 e. The predicted molar refractivity (Wildman–Crippen MR) is 159 cm³/mol. The average molecular weight is 524 g/mol. The van der Waals surface area contributed by atoms with E-state index in [0.29, 0.717) is 30.5 Å². The number of aldehydes is 1. The molecule has 38 heavy (non-hydrogen) atoms. The minimum atomic E-state index is -0.139.